The van der Waals surface area contributed by atoms with Gasteiger partial charge in [-0.3, -0.25) is 57.7 Å². The van der Waals surface area contributed by atoms with E-state index in [-0.39, 0.29) is 82.1 Å². The number of aliphatic hydroxyl groups excluding tert-OH is 1. The van der Waals surface area contributed by atoms with Gasteiger partial charge in [0.25, 0.3) is 0 Å². The predicted octanol–water partition coefficient (Wildman–Crippen LogP) is -3.49. The third-order valence-electron chi connectivity index (χ3n) is 14.1. The summed E-state index contributed by atoms with van der Waals surface area (Å²) in [5, 5.41) is 59.9. The molecule has 3 heterocycles. The summed E-state index contributed by atoms with van der Waals surface area (Å²) in [6.07, 6.45) is 3.78. The first-order chi connectivity index (χ1) is 41.3. The first kappa shape index (κ1) is 68.1. The molecule has 0 radical (unpaired) electrons. The number of phenolic OH excluding ortho intramolecular Hbond substituents is 1. The van der Waals surface area contributed by atoms with Crippen LogP contribution in [0.2, 0.25) is 0 Å². The van der Waals surface area contributed by atoms with E-state index in [4.69, 9.17) is 27.4 Å². The van der Waals surface area contributed by atoms with E-state index in [0.29, 0.717) is 34.1 Å². The molecule has 1 aliphatic heterocycles. The number of imidazole rings is 1. The van der Waals surface area contributed by atoms with Gasteiger partial charge in [0.15, 0.2) is 5.96 Å². The lowest BCUT2D eigenvalue weighted by molar-refractivity contribution is -0.143. The lowest BCUT2D eigenvalue weighted by Crippen LogP contribution is -2.61. The first-order valence-corrected chi connectivity index (χ1v) is 28.2. The molecule has 0 aliphatic carbocycles. The number of carboxylic acid groups (broad SMARTS) is 2. The van der Waals surface area contributed by atoms with Crippen molar-refractivity contribution in [2.75, 3.05) is 26.2 Å². The number of likely N-dealkylation sites (tertiary alicyclic amines) is 1. The summed E-state index contributed by atoms with van der Waals surface area (Å²) in [7, 11) is 0. The van der Waals surface area contributed by atoms with Crippen LogP contribution in [0.3, 0.4) is 0 Å². The molecule has 472 valence electrons. The minimum Gasteiger partial charge on any atom is -0.508 e. The van der Waals surface area contributed by atoms with Crippen LogP contribution in [0.4, 0.5) is 0 Å². The standard InChI is InChI=1S/C56H78N16O15/c1-29(2)20-39(50(82)66-38(10-6-18-61-56(58)59)55(87)72-19-7-11-44(72)54(86)63-26-46(77)78)67-47(79)30(3)65-49(81)40(21-31-12-14-34(74)15-13-31)69-53(85)43(27-73)71-51(83)41(22-32-24-62-37-9-5-4-8-35(32)37)70-52(84)42(23-33-25-60-28-64-33)68-48(80)36(57)16-17-45(75)76/h4-5,8-9,12-15,24-25,28-30,36,38-44,62,73-74H,6-7,10-11,16-23,26-27,57H2,1-3H3,(H,60,64)(H,63,86)(H,65,81)(H,66,82)(H,67,79)(H,68,80)(H,69,85)(H,70,84)(H,71,83)(H,75,76)(H,77,78)(H4,58,59,61)/t30-,36-,38-,39-,40-,41-,42-,43-,44-/m0/s1. The van der Waals surface area contributed by atoms with Crippen molar-refractivity contribution in [2.45, 2.75) is 139 Å². The van der Waals surface area contributed by atoms with Crippen molar-refractivity contribution in [3.05, 3.63) is 84.1 Å². The second-order valence-corrected chi connectivity index (χ2v) is 21.4. The molecule has 1 saturated heterocycles. The highest BCUT2D eigenvalue weighted by Gasteiger charge is 2.39. The van der Waals surface area contributed by atoms with Crippen molar-refractivity contribution < 1.29 is 73.2 Å². The van der Waals surface area contributed by atoms with E-state index in [0.717, 1.165) is 0 Å². The van der Waals surface area contributed by atoms with Crippen LogP contribution in [-0.2, 0) is 72.0 Å². The summed E-state index contributed by atoms with van der Waals surface area (Å²) in [5.74, 6) is -10.9. The molecule has 31 nitrogen and oxygen atoms in total. The molecule has 0 unspecified atom stereocenters. The molecule has 9 amide bonds. The van der Waals surface area contributed by atoms with Crippen LogP contribution < -0.4 is 59.7 Å². The molecule has 2 aromatic carbocycles. The minimum atomic E-state index is -1.80. The zero-order chi connectivity index (χ0) is 63.9. The smallest absolute Gasteiger partial charge is 0.322 e. The largest absolute Gasteiger partial charge is 0.508 e. The van der Waals surface area contributed by atoms with Crippen LogP contribution >= 0.6 is 0 Å². The van der Waals surface area contributed by atoms with Crippen LogP contribution in [0, 0.1) is 5.92 Å². The number of aliphatic hydroxyl groups is 1. The third-order valence-corrected chi connectivity index (χ3v) is 14.1. The maximum Gasteiger partial charge on any atom is 0.322 e. The number of carbonyl (C=O) groups is 11. The molecule has 0 saturated carbocycles. The van der Waals surface area contributed by atoms with E-state index >= 15 is 0 Å². The topological polar surface area (TPSA) is 503 Å². The van der Waals surface area contributed by atoms with Gasteiger partial charge in [-0.15, -0.1) is 0 Å². The number of phenols is 1. The van der Waals surface area contributed by atoms with E-state index in [1.807, 2.05) is 0 Å². The summed E-state index contributed by atoms with van der Waals surface area (Å²) in [4.78, 5) is 163. The number of hydrogen-bond donors (Lipinski definition) is 17. The van der Waals surface area contributed by atoms with E-state index in [2.05, 4.69) is 62.5 Å². The van der Waals surface area contributed by atoms with Gasteiger partial charge in [-0.25, -0.2) is 4.98 Å². The minimum absolute atomic E-state index is 0.0162. The number of aliphatic carboxylic acids is 2. The van der Waals surface area contributed by atoms with Gasteiger partial charge in [-0.2, -0.15) is 0 Å². The van der Waals surface area contributed by atoms with E-state index in [1.54, 1.807) is 44.3 Å². The summed E-state index contributed by atoms with van der Waals surface area (Å²) < 4.78 is 0. The highest BCUT2D eigenvalue weighted by atomic mass is 16.4. The van der Waals surface area contributed by atoms with Gasteiger partial charge in [0.1, 0.15) is 60.6 Å². The highest BCUT2D eigenvalue weighted by Crippen LogP contribution is 2.22. The number of para-hydroxylation sites is 1. The Morgan fingerprint density at radius 1 is 0.701 bits per heavy atom. The molecule has 4 aromatic rings. The number of guanidine groups is 1. The molecule has 9 atom stereocenters. The Bertz CT molecular complexity index is 3080. The second-order valence-electron chi connectivity index (χ2n) is 21.4. The Labute approximate surface area is 499 Å². The molecule has 2 aromatic heterocycles. The number of aromatic amines is 2. The zero-order valence-electron chi connectivity index (χ0n) is 48.4. The lowest BCUT2D eigenvalue weighted by Gasteiger charge is -2.30. The van der Waals surface area contributed by atoms with Crippen molar-refractivity contribution in [3.8, 4) is 5.75 Å². The summed E-state index contributed by atoms with van der Waals surface area (Å²) in [5.41, 5.74) is 19.0. The number of aromatic hydroxyl groups is 1. The molecule has 87 heavy (non-hydrogen) atoms. The number of amides is 9. The molecule has 20 N–H and O–H groups in total. The number of carboxylic acids is 2. The number of rotatable bonds is 34. The molecule has 0 bridgehead atoms. The van der Waals surface area contributed by atoms with Gasteiger partial charge in [0, 0.05) is 67.8 Å². The number of nitrogens with two attached hydrogens (primary N) is 3. The Morgan fingerprint density at radius 3 is 1.93 bits per heavy atom. The van der Waals surface area contributed by atoms with Crippen LogP contribution in [0.5, 0.6) is 5.75 Å². The Kier molecular flexibility index (Phi) is 26.0. The van der Waals surface area contributed by atoms with E-state index in [1.165, 1.54) is 48.6 Å². The van der Waals surface area contributed by atoms with Crippen LogP contribution in [-0.4, -0.2) is 192 Å². The molecular weight excluding hydrogens is 1140 g/mol. The molecule has 1 fully saturated rings. The fourth-order valence-electron chi connectivity index (χ4n) is 9.53. The van der Waals surface area contributed by atoms with Crippen molar-refractivity contribution in [1.82, 2.24) is 62.4 Å². The van der Waals surface area contributed by atoms with Crippen molar-refractivity contribution in [1.29, 1.82) is 0 Å². The number of aromatic nitrogens is 3. The van der Waals surface area contributed by atoms with Gasteiger partial charge >= 0.3 is 11.9 Å². The van der Waals surface area contributed by atoms with Gasteiger partial charge < -0.3 is 95.0 Å². The van der Waals surface area contributed by atoms with Gasteiger partial charge in [-0.05, 0) is 80.7 Å². The number of benzene rings is 2. The number of hydrogen-bond acceptors (Lipinski definition) is 16. The molecular formula is C56H78N16O15. The monoisotopic (exact) mass is 1210 g/mol. The number of H-pyrrole nitrogens is 2. The Hall–Kier alpha value is -9.65. The average Bonchev–Trinajstić information content (AvgIpc) is 3.82. The van der Waals surface area contributed by atoms with Gasteiger partial charge in [0.2, 0.25) is 53.2 Å². The fraction of sp³-hybridized carbons (Fsp3) is 0.482. The molecule has 1 aliphatic rings. The van der Waals surface area contributed by atoms with Crippen LogP contribution in [0.25, 0.3) is 10.9 Å². The maximum atomic E-state index is 14.5. The summed E-state index contributed by atoms with van der Waals surface area (Å²) >= 11 is 0. The van der Waals surface area contributed by atoms with Gasteiger partial charge in [0.05, 0.1) is 19.0 Å². The SMILES string of the molecule is CC(C)C[C@H](NC(=O)[C@H](C)NC(=O)[C@H](Cc1ccc(O)cc1)NC(=O)[C@H](CO)NC(=O)[C@H](Cc1c[nH]c2ccccc12)NC(=O)[C@H](Cc1cnc[nH]1)NC(=O)[C@@H](N)CCC(=O)O)C(=O)N[C@@H](CCCN=C(N)N)C(=O)N1CCC[C@H]1C(=O)NCC(=O)O. The molecule has 31 heteroatoms. The molecule has 5 rings (SSSR count). The van der Waals surface area contributed by atoms with Gasteiger partial charge in [-0.1, -0.05) is 44.2 Å². The second kappa shape index (κ2) is 33.2. The third kappa shape index (κ3) is 21.4. The highest BCUT2D eigenvalue weighted by molar-refractivity contribution is 5.99. The Morgan fingerprint density at radius 2 is 1.30 bits per heavy atom. The number of nitrogens with zero attached hydrogens (tertiary/aromatic N) is 3. The predicted molar refractivity (Wildman–Crippen MR) is 312 cm³/mol. The number of fused-ring (bicyclic) bond motifs is 1. The van der Waals surface area contributed by atoms with Crippen LogP contribution in [0.15, 0.2) is 72.2 Å². The fourth-order valence-corrected chi connectivity index (χ4v) is 9.53. The van der Waals surface area contributed by atoms with E-state index < -0.39 is 139 Å². The van der Waals surface area contributed by atoms with E-state index in [9.17, 15) is 63.0 Å². The zero-order valence-corrected chi connectivity index (χ0v) is 48.4. The van der Waals surface area contributed by atoms with Crippen molar-refractivity contribution >= 4 is 82.0 Å². The maximum absolute atomic E-state index is 14.5. The quantitative estimate of drug-likeness (QED) is 0.0123. The number of carbonyl (C=O) groups excluding carboxylic acids is 9. The average molecular weight is 1220 g/mol. The van der Waals surface area contributed by atoms with Crippen molar-refractivity contribution in [3.63, 3.8) is 0 Å². The Balaban J connectivity index is 1.35. The molecule has 0 spiro atoms. The normalized spacial score (nSPS) is 15.7. The first-order valence-electron chi connectivity index (χ1n) is 28.2. The summed E-state index contributed by atoms with van der Waals surface area (Å²) in [6.45, 7) is 3.31. The lowest BCUT2D eigenvalue weighted by atomic mass is 10.0. The van der Waals surface area contributed by atoms with Crippen molar-refractivity contribution in [2.24, 2.45) is 28.1 Å². The summed E-state index contributed by atoms with van der Waals surface area (Å²) in [6, 6.07) is -0.0281. The number of aliphatic imine (C=N–C) groups is 1. The van der Waals surface area contributed by atoms with Crippen LogP contribution in [0.1, 0.15) is 82.5 Å². The number of nitrogens with one attached hydrogen (secondary N) is 10.